The van der Waals surface area contributed by atoms with E-state index in [-0.39, 0.29) is 6.04 Å². The number of hydrogen-bond acceptors (Lipinski definition) is 1. The van der Waals surface area contributed by atoms with Crippen LogP contribution >= 0.6 is 11.6 Å². The smallest absolute Gasteiger partial charge is 0.131 e. The molecule has 0 aliphatic heterocycles. The van der Waals surface area contributed by atoms with Gasteiger partial charge in [-0.2, -0.15) is 0 Å². The molecule has 1 atom stereocenters. The Bertz CT molecular complexity index is 628. The quantitative estimate of drug-likeness (QED) is 0.818. The van der Waals surface area contributed by atoms with Crippen molar-refractivity contribution in [3.63, 3.8) is 0 Å². The highest BCUT2D eigenvalue weighted by atomic mass is 35.5. The van der Waals surface area contributed by atoms with Gasteiger partial charge in [0.25, 0.3) is 0 Å². The molecule has 2 aromatic carbocycles. The van der Waals surface area contributed by atoms with Crippen LogP contribution in [0.2, 0.25) is 5.02 Å². The highest BCUT2D eigenvalue weighted by Gasteiger charge is 2.19. The van der Waals surface area contributed by atoms with Gasteiger partial charge in [0, 0.05) is 16.7 Å². The van der Waals surface area contributed by atoms with Crippen LogP contribution in [0.1, 0.15) is 36.1 Å². The van der Waals surface area contributed by atoms with Crippen LogP contribution in [0.4, 0.5) is 8.78 Å². The molecule has 2 rings (SSSR count). The second kappa shape index (κ2) is 7.01. The Balaban J connectivity index is 2.49. The number of aryl methyl sites for hydroxylation is 1. The van der Waals surface area contributed by atoms with Crippen LogP contribution in [0.3, 0.4) is 0 Å². The molecular formula is C17H18ClF2N. The Kier molecular flexibility index (Phi) is 5.32. The van der Waals surface area contributed by atoms with Gasteiger partial charge in [-0.3, -0.25) is 0 Å². The second-order valence-corrected chi connectivity index (χ2v) is 5.49. The first kappa shape index (κ1) is 15.9. The predicted octanol–water partition coefficient (Wildman–Crippen LogP) is 5.02. The van der Waals surface area contributed by atoms with Crippen molar-refractivity contribution in [2.75, 3.05) is 6.54 Å². The summed E-state index contributed by atoms with van der Waals surface area (Å²) in [6.45, 7) is 4.72. The molecule has 0 saturated heterocycles. The SMILES string of the molecule is CCCNC(c1cc(Cl)ccc1C)c1ccc(F)cc1F. The van der Waals surface area contributed by atoms with Gasteiger partial charge in [0.05, 0.1) is 6.04 Å². The summed E-state index contributed by atoms with van der Waals surface area (Å²) in [5.74, 6) is -1.13. The van der Waals surface area contributed by atoms with Crippen LogP contribution in [0.15, 0.2) is 36.4 Å². The standard InChI is InChI=1S/C17H18ClF2N/c1-3-8-21-17(14-7-6-13(19)10-16(14)20)15-9-12(18)5-4-11(15)2/h4-7,9-10,17,21H,3,8H2,1-2H3. The number of benzene rings is 2. The van der Waals surface area contributed by atoms with Gasteiger partial charge in [0.2, 0.25) is 0 Å². The average molecular weight is 310 g/mol. The molecule has 0 heterocycles. The fourth-order valence-corrected chi connectivity index (χ4v) is 2.51. The van der Waals surface area contributed by atoms with E-state index < -0.39 is 11.6 Å². The zero-order chi connectivity index (χ0) is 15.4. The number of hydrogen-bond donors (Lipinski definition) is 1. The highest BCUT2D eigenvalue weighted by Crippen LogP contribution is 2.29. The van der Waals surface area contributed by atoms with Gasteiger partial charge in [-0.15, -0.1) is 0 Å². The molecular weight excluding hydrogens is 292 g/mol. The first-order valence-corrected chi connectivity index (χ1v) is 7.35. The number of rotatable bonds is 5. The van der Waals surface area contributed by atoms with Crippen LogP contribution in [0, 0.1) is 18.6 Å². The van der Waals surface area contributed by atoms with E-state index in [9.17, 15) is 8.78 Å². The summed E-state index contributed by atoms with van der Waals surface area (Å²) in [6.07, 6.45) is 0.916. The fraction of sp³-hybridized carbons (Fsp3) is 0.294. The maximum Gasteiger partial charge on any atom is 0.131 e. The monoisotopic (exact) mass is 309 g/mol. The van der Waals surface area contributed by atoms with Gasteiger partial charge in [0.1, 0.15) is 11.6 Å². The van der Waals surface area contributed by atoms with Crippen LogP contribution < -0.4 is 5.32 Å². The summed E-state index contributed by atoms with van der Waals surface area (Å²) in [5.41, 5.74) is 2.34. The van der Waals surface area contributed by atoms with Gasteiger partial charge in [-0.25, -0.2) is 8.78 Å². The van der Waals surface area contributed by atoms with Crippen molar-refractivity contribution >= 4 is 11.6 Å². The fourth-order valence-electron chi connectivity index (χ4n) is 2.33. The molecule has 0 amide bonds. The highest BCUT2D eigenvalue weighted by molar-refractivity contribution is 6.30. The molecule has 0 aliphatic carbocycles. The van der Waals surface area contributed by atoms with Crippen LogP contribution in [0.25, 0.3) is 0 Å². The minimum Gasteiger partial charge on any atom is -0.306 e. The third-order valence-corrected chi connectivity index (χ3v) is 3.66. The van der Waals surface area contributed by atoms with E-state index >= 15 is 0 Å². The van der Waals surface area contributed by atoms with Gasteiger partial charge >= 0.3 is 0 Å². The largest absolute Gasteiger partial charge is 0.306 e. The minimum atomic E-state index is -0.576. The molecule has 1 N–H and O–H groups in total. The Morgan fingerprint density at radius 3 is 2.52 bits per heavy atom. The molecule has 0 aliphatic rings. The topological polar surface area (TPSA) is 12.0 Å². The van der Waals surface area contributed by atoms with Gasteiger partial charge < -0.3 is 5.32 Å². The summed E-state index contributed by atoms with van der Waals surface area (Å²) >= 11 is 6.07. The Morgan fingerprint density at radius 1 is 1.10 bits per heavy atom. The van der Waals surface area contributed by atoms with E-state index in [1.807, 2.05) is 26.0 Å². The van der Waals surface area contributed by atoms with Gasteiger partial charge in [-0.1, -0.05) is 30.7 Å². The van der Waals surface area contributed by atoms with Gasteiger partial charge in [0.15, 0.2) is 0 Å². The minimum absolute atomic E-state index is 0.343. The first-order valence-electron chi connectivity index (χ1n) is 6.97. The molecule has 0 radical (unpaired) electrons. The van der Waals surface area contributed by atoms with Crippen molar-refractivity contribution < 1.29 is 8.78 Å². The Hall–Kier alpha value is -1.45. The van der Waals surface area contributed by atoms with Crippen molar-refractivity contribution in [3.05, 3.63) is 69.7 Å². The van der Waals surface area contributed by atoms with E-state index in [0.29, 0.717) is 10.6 Å². The van der Waals surface area contributed by atoms with E-state index in [4.69, 9.17) is 11.6 Å². The Morgan fingerprint density at radius 2 is 1.86 bits per heavy atom. The molecule has 0 aromatic heterocycles. The molecule has 0 spiro atoms. The lowest BCUT2D eigenvalue weighted by Crippen LogP contribution is -2.25. The number of halogens is 3. The second-order valence-electron chi connectivity index (χ2n) is 5.05. The molecule has 1 unspecified atom stereocenters. The van der Waals surface area contributed by atoms with E-state index in [0.717, 1.165) is 30.2 Å². The molecule has 2 aromatic rings. The normalized spacial score (nSPS) is 12.4. The maximum atomic E-state index is 14.1. The molecule has 1 nitrogen and oxygen atoms in total. The molecule has 0 fully saturated rings. The van der Waals surface area contributed by atoms with Crippen molar-refractivity contribution in [1.82, 2.24) is 5.32 Å². The Labute approximate surface area is 128 Å². The summed E-state index contributed by atoms with van der Waals surface area (Å²) in [4.78, 5) is 0. The lowest BCUT2D eigenvalue weighted by atomic mass is 9.94. The molecule has 4 heteroatoms. The molecule has 112 valence electrons. The van der Waals surface area contributed by atoms with Crippen molar-refractivity contribution in [1.29, 1.82) is 0 Å². The van der Waals surface area contributed by atoms with Crippen LogP contribution in [-0.2, 0) is 0 Å². The third-order valence-electron chi connectivity index (χ3n) is 3.42. The average Bonchev–Trinajstić information content (AvgIpc) is 2.44. The maximum absolute atomic E-state index is 14.1. The lowest BCUT2D eigenvalue weighted by Gasteiger charge is -2.22. The summed E-state index contributed by atoms with van der Waals surface area (Å²) < 4.78 is 27.3. The summed E-state index contributed by atoms with van der Waals surface area (Å²) in [7, 11) is 0. The first-order chi connectivity index (χ1) is 10.0. The van der Waals surface area contributed by atoms with Crippen molar-refractivity contribution in [2.24, 2.45) is 0 Å². The summed E-state index contributed by atoms with van der Waals surface area (Å²) in [5, 5.41) is 3.91. The van der Waals surface area contributed by atoms with E-state index in [2.05, 4.69) is 5.32 Å². The van der Waals surface area contributed by atoms with Crippen molar-refractivity contribution in [2.45, 2.75) is 26.3 Å². The van der Waals surface area contributed by atoms with Crippen molar-refractivity contribution in [3.8, 4) is 0 Å². The zero-order valence-electron chi connectivity index (χ0n) is 12.1. The van der Waals surface area contributed by atoms with E-state index in [1.54, 1.807) is 6.07 Å². The van der Waals surface area contributed by atoms with Crippen LogP contribution in [0.5, 0.6) is 0 Å². The van der Waals surface area contributed by atoms with Gasteiger partial charge in [-0.05, 0) is 49.2 Å². The van der Waals surface area contributed by atoms with E-state index in [1.165, 1.54) is 12.1 Å². The molecule has 0 bridgehead atoms. The zero-order valence-corrected chi connectivity index (χ0v) is 12.8. The molecule has 0 saturated carbocycles. The lowest BCUT2D eigenvalue weighted by molar-refractivity contribution is 0.532. The molecule has 21 heavy (non-hydrogen) atoms. The number of nitrogens with one attached hydrogen (secondary N) is 1. The predicted molar refractivity (Wildman–Crippen MR) is 82.7 cm³/mol. The summed E-state index contributed by atoms with van der Waals surface area (Å²) in [6, 6.07) is 8.86. The van der Waals surface area contributed by atoms with Crippen LogP contribution in [-0.4, -0.2) is 6.54 Å². The third kappa shape index (κ3) is 3.80.